The smallest absolute Gasteiger partial charge is 0.354 e. The third kappa shape index (κ3) is 3.17. The first-order chi connectivity index (χ1) is 10.6. The molecule has 0 bridgehead atoms. The fourth-order valence-corrected chi connectivity index (χ4v) is 2.86. The minimum Gasteiger partial charge on any atom is -0.493 e. The predicted molar refractivity (Wildman–Crippen MR) is 84.2 cm³/mol. The van der Waals surface area contributed by atoms with Crippen LogP contribution in [-0.4, -0.2) is 26.2 Å². The normalized spacial score (nSPS) is 10.7. The SMILES string of the molecule is O=C(O)c1cc(O)nc(SCc2ccc3ccccc3c2)n1. The van der Waals surface area contributed by atoms with Gasteiger partial charge in [-0.15, -0.1) is 0 Å². The zero-order chi connectivity index (χ0) is 15.5. The van der Waals surface area contributed by atoms with Gasteiger partial charge in [0.05, 0.1) is 0 Å². The molecule has 5 nitrogen and oxygen atoms in total. The number of nitrogens with zero attached hydrogens (tertiary/aromatic N) is 2. The van der Waals surface area contributed by atoms with Gasteiger partial charge < -0.3 is 10.2 Å². The summed E-state index contributed by atoms with van der Waals surface area (Å²) in [7, 11) is 0. The van der Waals surface area contributed by atoms with E-state index in [0.717, 1.165) is 22.4 Å². The van der Waals surface area contributed by atoms with Crippen molar-refractivity contribution in [2.75, 3.05) is 0 Å². The molecule has 0 unspecified atom stereocenters. The number of thioether (sulfide) groups is 1. The van der Waals surface area contributed by atoms with E-state index in [2.05, 4.69) is 16.0 Å². The van der Waals surface area contributed by atoms with E-state index in [1.807, 2.05) is 36.4 Å². The number of benzene rings is 2. The third-order valence-electron chi connectivity index (χ3n) is 3.09. The molecule has 1 aromatic heterocycles. The zero-order valence-corrected chi connectivity index (χ0v) is 12.2. The molecule has 22 heavy (non-hydrogen) atoms. The van der Waals surface area contributed by atoms with Crippen LogP contribution in [0, 0.1) is 0 Å². The maximum absolute atomic E-state index is 10.9. The number of aromatic carboxylic acids is 1. The van der Waals surface area contributed by atoms with Gasteiger partial charge in [-0.25, -0.2) is 9.78 Å². The Balaban J connectivity index is 1.80. The number of carboxylic acid groups (broad SMARTS) is 1. The standard InChI is InChI=1S/C16H12N2O3S/c19-14-8-13(15(20)21)17-16(18-14)22-9-10-5-6-11-3-1-2-4-12(11)7-10/h1-8H,9H2,(H,20,21)(H,17,18,19). The second kappa shape index (κ2) is 6.03. The maximum Gasteiger partial charge on any atom is 0.354 e. The Labute approximate surface area is 130 Å². The number of aromatic hydroxyl groups is 1. The molecule has 0 aliphatic carbocycles. The van der Waals surface area contributed by atoms with Crippen molar-refractivity contribution in [2.45, 2.75) is 10.9 Å². The van der Waals surface area contributed by atoms with E-state index in [0.29, 0.717) is 5.75 Å². The molecule has 0 atom stereocenters. The Kier molecular flexibility index (Phi) is 3.93. The predicted octanol–water partition coefficient (Wildman–Crippen LogP) is 3.33. The molecule has 3 aromatic rings. The van der Waals surface area contributed by atoms with Gasteiger partial charge in [0.2, 0.25) is 5.88 Å². The highest BCUT2D eigenvalue weighted by Gasteiger charge is 2.10. The maximum atomic E-state index is 10.9. The van der Waals surface area contributed by atoms with Gasteiger partial charge in [0.1, 0.15) is 0 Å². The summed E-state index contributed by atoms with van der Waals surface area (Å²) in [6.45, 7) is 0. The lowest BCUT2D eigenvalue weighted by atomic mass is 10.1. The molecule has 0 radical (unpaired) electrons. The van der Waals surface area contributed by atoms with Gasteiger partial charge in [0.15, 0.2) is 10.9 Å². The average molecular weight is 312 g/mol. The number of hydrogen-bond acceptors (Lipinski definition) is 5. The van der Waals surface area contributed by atoms with Crippen LogP contribution in [0.25, 0.3) is 10.8 Å². The number of aromatic nitrogens is 2. The molecule has 0 amide bonds. The summed E-state index contributed by atoms with van der Waals surface area (Å²) in [4.78, 5) is 18.7. The first-order valence-electron chi connectivity index (χ1n) is 6.53. The number of carboxylic acids is 1. The largest absolute Gasteiger partial charge is 0.493 e. The van der Waals surface area contributed by atoms with Gasteiger partial charge in [-0.3, -0.25) is 0 Å². The highest BCUT2D eigenvalue weighted by Crippen LogP contribution is 2.24. The van der Waals surface area contributed by atoms with Crippen molar-refractivity contribution in [3.05, 3.63) is 59.8 Å². The number of fused-ring (bicyclic) bond motifs is 1. The van der Waals surface area contributed by atoms with Gasteiger partial charge >= 0.3 is 5.97 Å². The highest BCUT2D eigenvalue weighted by atomic mass is 32.2. The van der Waals surface area contributed by atoms with Crippen molar-refractivity contribution in [1.29, 1.82) is 0 Å². The molecule has 0 aliphatic rings. The Bertz CT molecular complexity index is 852. The van der Waals surface area contributed by atoms with Crippen LogP contribution in [0.15, 0.2) is 53.7 Å². The lowest BCUT2D eigenvalue weighted by molar-refractivity contribution is 0.0688. The molecule has 2 N–H and O–H groups in total. The summed E-state index contributed by atoms with van der Waals surface area (Å²) >= 11 is 1.28. The molecule has 0 saturated heterocycles. The Morgan fingerprint density at radius 1 is 1.05 bits per heavy atom. The minimum absolute atomic E-state index is 0.214. The molecule has 2 aromatic carbocycles. The van der Waals surface area contributed by atoms with E-state index in [4.69, 9.17) is 5.11 Å². The van der Waals surface area contributed by atoms with Crippen LogP contribution in [0.5, 0.6) is 5.88 Å². The minimum atomic E-state index is -1.19. The number of carbonyl (C=O) groups is 1. The van der Waals surface area contributed by atoms with Crippen LogP contribution in [0.2, 0.25) is 0 Å². The van der Waals surface area contributed by atoms with Gasteiger partial charge in [-0.1, -0.05) is 54.2 Å². The Morgan fingerprint density at radius 3 is 2.59 bits per heavy atom. The van der Waals surface area contributed by atoms with E-state index in [1.54, 1.807) is 0 Å². The summed E-state index contributed by atoms with van der Waals surface area (Å²) in [6.07, 6.45) is 0. The van der Waals surface area contributed by atoms with Crippen LogP contribution in [0.4, 0.5) is 0 Å². The molecule has 1 heterocycles. The number of rotatable bonds is 4. The zero-order valence-electron chi connectivity index (χ0n) is 11.4. The van der Waals surface area contributed by atoms with Gasteiger partial charge in [0.25, 0.3) is 0 Å². The van der Waals surface area contributed by atoms with Crippen molar-refractivity contribution in [1.82, 2.24) is 9.97 Å². The molecular formula is C16H12N2O3S. The van der Waals surface area contributed by atoms with Gasteiger partial charge in [-0.05, 0) is 16.3 Å². The van der Waals surface area contributed by atoms with Crippen molar-refractivity contribution >= 4 is 28.5 Å². The van der Waals surface area contributed by atoms with Crippen LogP contribution in [-0.2, 0) is 5.75 Å². The fraction of sp³-hybridized carbons (Fsp3) is 0.0625. The van der Waals surface area contributed by atoms with Crippen molar-refractivity contribution in [3.8, 4) is 5.88 Å². The van der Waals surface area contributed by atoms with Crippen LogP contribution in [0.1, 0.15) is 16.1 Å². The fourth-order valence-electron chi connectivity index (χ4n) is 2.06. The summed E-state index contributed by atoms with van der Waals surface area (Å²) in [5.41, 5.74) is 0.862. The molecule has 0 spiro atoms. The topological polar surface area (TPSA) is 83.3 Å². The van der Waals surface area contributed by atoms with E-state index >= 15 is 0 Å². The lowest BCUT2D eigenvalue weighted by Gasteiger charge is -2.04. The van der Waals surface area contributed by atoms with Crippen LogP contribution < -0.4 is 0 Å². The van der Waals surface area contributed by atoms with Crippen molar-refractivity contribution in [3.63, 3.8) is 0 Å². The Hall–Kier alpha value is -2.60. The quantitative estimate of drug-likeness (QED) is 0.568. The monoisotopic (exact) mass is 312 g/mol. The second-order valence-electron chi connectivity index (χ2n) is 4.67. The van der Waals surface area contributed by atoms with E-state index in [-0.39, 0.29) is 16.7 Å². The average Bonchev–Trinajstić information content (AvgIpc) is 2.52. The van der Waals surface area contributed by atoms with E-state index < -0.39 is 5.97 Å². The Morgan fingerprint density at radius 2 is 1.82 bits per heavy atom. The third-order valence-corrected chi connectivity index (χ3v) is 4.01. The van der Waals surface area contributed by atoms with E-state index in [1.165, 1.54) is 11.8 Å². The first kappa shape index (κ1) is 14.3. The van der Waals surface area contributed by atoms with Crippen LogP contribution in [0.3, 0.4) is 0 Å². The summed E-state index contributed by atoms with van der Waals surface area (Å²) in [5.74, 6) is -0.938. The highest BCUT2D eigenvalue weighted by molar-refractivity contribution is 7.98. The molecule has 3 rings (SSSR count). The van der Waals surface area contributed by atoms with Crippen molar-refractivity contribution in [2.24, 2.45) is 0 Å². The summed E-state index contributed by atoms with van der Waals surface area (Å²) in [5, 5.41) is 20.9. The van der Waals surface area contributed by atoms with Gasteiger partial charge in [0, 0.05) is 11.8 Å². The van der Waals surface area contributed by atoms with E-state index in [9.17, 15) is 9.90 Å². The molecule has 0 aliphatic heterocycles. The molecule has 0 fully saturated rings. The van der Waals surface area contributed by atoms with Crippen molar-refractivity contribution < 1.29 is 15.0 Å². The summed E-state index contributed by atoms with van der Waals surface area (Å²) < 4.78 is 0. The summed E-state index contributed by atoms with van der Waals surface area (Å²) in [6, 6.07) is 15.2. The molecule has 0 saturated carbocycles. The molecule has 6 heteroatoms. The number of hydrogen-bond donors (Lipinski definition) is 2. The molecule has 110 valence electrons. The van der Waals surface area contributed by atoms with Gasteiger partial charge in [-0.2, -0.15) is 4.98 Å². The second-order valence-corrected chi connectivity index (χ2v) is 5.61. The molecular weight excluding hydrogens is 300 g/mol. The lowest BCUT2D eigenvalue weighted by Crippen LogP contribution is -2.02. The first-order valence-corrected chi connectivity index (χ1v) is 7.52. The van der Waals surface area contributed by atoms with Crippen LogP contribution >= 0.6 is 11.8 Å².